The molecule has 1 aliphatic carbocycles. The number of benzene rings is 1. The van der Waals surface area contributed by atoms with Crippen molar-refractivity contribution in [2.45, 2.75) is 33.6 Å². The van der Waals surface area contributed by atoms with Crippen LogP contribution in [0.25, 0.3) is 0 Å². The van der Waals surface area contributed by atoms with Crippen molar-refractivity contribution < 1.29 is 4.79 Å². The Balaban J connectivity index is 2.37. The molecule has 1 aliphatic rings. The Labute approximate surface area is 109 Å². The van der Waals surface area contributed by atoms with Gasteiger partial charge in [0.15, 0.2) is 5.78 Å². The van der Waals surface area contributed by atoms with Crippen molar-refractivity contribution in [3.05, 3.63) is 41.6 Å². The van der Waals surface area contributed by atoms with Gasteiger partial charge in [0.1, 0.15) is 0 Å². The van der Waals surface area contributed by atoms with Crippen LogP contribution in [-0.4, -0.2) is 12.8 Å². The molecule has 1 aromatic rings. The summed E-state index contributed by atoms with van der Waals surface area (Å²) in [6.07, 6.45) is 1.61. The molecule has 0 heterocycles. The van der Waals surface area contributed by atoms with Gasteiger partial charge < -0.3 is 4.90 Å². The first-order chi connectivity index (χ1) is 8.41. The Morgan fingerprint density at radius 2 is 1.72 bits per heavy atom. The van der Waals surface area contributed by atoms with Crippen LogP contribution in [0.4, 0.5) is 5.69 Å². The Kier molecular flexibility index (Phi) is 3.29. The predicted octanol–water partition coefficient (Wildman–Crippen LogP) is 3.79. The molecule has 1 aromatic carbocycles. The van der Waals surface area contributed by atoms with Gasteiger partial charge in [-0.15, -0.1) is 0 Å². The van der Waals surface area contributed by atoms with Gasteiger partial charge in [-0.1, -0.05) is 32.0 Å². The van der Waals surface area contributed by atoms with Gasteiger partial charge in [0.25, 0.3) is 0 Å². The number of hydrogen-bond donors (Lipinski definition) is 0. The quantitative estimate of drug-likeness (QED) is 0.787. The second-order valence-corrected chi connectivity index (χ2v) is 5.91. The molecule has 0 aliphatic heterocycles. The van der Waals surface area contributed by atoms with Crippen molar-refractivity contribution in [3.63, 3.8) is 0 Å². The standard InChI is InChI=1S/C16H21NO/c1-12-14(10-16(2,3)11-15(12)18)17(4)13-8-6-5-7-9-13/h5-9H,10-11H2,1-4H3. The van der Waals surface area contributed by atoms with Crippen LogP contribution in [0.3, 0.4) is 0 Å². The molecule has 0 unspecified atom stereocenters. The minimum absolute atomic E-state index is 0.0645. The maximum absolute atomic E-state index is 12.1. The molecule has 2 nitrogen and oxygen atoms in total. The average molecular weight is 243 g/mol. The highest BCUT2D eigenvalue weighted by Gasteiger charge is 2.32. The molecule has 0 aromatic heterocycles. The lowest BCUT2D eigenvalue weighted by molar-refractivity contribution is -0.118. The summed E-state index contributed by atoms with van der Waals surface area (Å²) in [5.41, 5.74) is 3.27. The smallest absolute Gasteiger partial charge is 0.160 e. The zero-order chi connectivity index (χ0) is 13.3. The van der Waals surface area contributed by atoms with Crippen molar-refractivity contribution in [1.29, 1.82) is 0 Å². The molecule has 0 radical (unpaired) electrons. The van der Waals surface area contributed by atoms with Crippen molar-refractivity contribution in [1.82, 2.24) is 0 Å². The summed E-state index contributed by atoms with van der Waals surface area (Å²) in [6, 6.07) is 10.2. The third kappa shape index (κ3) is 2.47. The number of carbonyl (C=O) groups excluding carboxylic acids is 1. The highest BCUT2D eigenvalue weighted by atomic mass is 16.1. The molecule has 0 bridgehead atoms. The predicted molar refractivity (Wildman–Crippen MR) is 75.6 cm³/mol. The third-order valence-corrected chi connectivity index (χ3v) is 3.68. The van der Waals surface area contributed by atoms with Gasteiger partial charge in [-0.3, -0.25) is 4.79 Å². The summed E-state index contributed by atoms with van der Waals surface area (Å²) in [5, 5.41) is 0. The summed E-state index contributed by atoms with van der Waals surface area (Å²) in [6.45, 7) is 6.28. The van der Waals surface area contributed by atoms with Crippen LogP contribution in [0.5, 0.6) is 0 Å². The van der Waals surface area contributed by atoms with Crippen molar-refractivity contribution in [2.24, 2.45) is 5.41 Å². The molecule has 0 saturated heterocycles. The highest BCUT2D eigenvalue weighted by Crippen LogP contribution is 2.38. The fraction of sp³-hybridized carbons (Fsp3) is 0.438. The Morgan fingerprint density at radius 1 is 1.11 bits per heavy atom. The highest BCUT2D eigenvalue weighted by molar-refractivity contribution is 5.97. The molecule has 96 valence electrons. The lowest BCUT2D eigenvalue weighted by Gasteiger charge is -2.36. The van der Waals surface area contributed by atoms with E-state index in [0.29, 0.717) is 6.42 Å². The molecule has 0 spiro atoms. The lowest BCUT2D eigenvalue weighted by Crippen LogP contribution is -2.31. The van der Waals surface area contributed by atoms with Gasteiger partial charge in [-0.25, -0.2) is 0 Å². The maximum atomic E-state index is 12.1. The fourth-order valence-corrected chi connectivity index (χ4v) is 2.55. The van der Waals surface area contributed by atoms with E-state index < -0.39 is 0 Å². The molecule has 0 fully saturated rings. The Hall–Kier alpha value is -1.57. The number of Topliss-reactive ketones (excluding diaryl/α,β-unsaturated/α-hetero) is 1. The number of nitrogens with zero attached hydrogens (tertiary/aromatic N) is 1. The molecular formula is C16H21NO. The van der Waals surface area contributed by atoms with Crippen molar-refractivity contribution >= 4 is 11.5 Å². The summed E-state index contributed by atoms with van der Waals surface area (Å²) in [4.78, 5) is 14.2. The second-order valence-electron chi connectivity index (χ2n) is 5.91. The van der Waals surface area contributed by atoms with Gasteiger partial charge in [0, 0.05) is 30.4 Å². The molecular weight excluding hydrogens is 222 g/mol. The van der Waals surface area contributed by atoms with Crippen LogP contribution >= 0.6 is 0 Å². The molecule has 0 N–H and O–H groups in total. The van der Waals surface area contributed by atoms with Crippen LogP contribution in [0.1, 0.15) is 33.6 Å². The topological polar surface area (TPSA) is 20.3 Å². The number of anilines is 1. The van der Waals surface area contributed by atoms with E-state index in [0.717, 1.165) is 23.4 Å². The normalized spacial score (nSPS) is 19.0. The van der Waals surface area contributed by atoms with Crippen LogP contribution in [0.2, 0.25) is 0 Å². The maximum Gasteiger partial charge on any atom is 0.160 e. The van der Waals surface area contributed by atoms with Crippen LogP contribution in [-0.2, 0) is 4.79 Å². The summed E-state index contributed by atoms with van der Waals surface area (Å²) < 4.78 is 0. The first-order valence-corrected chi connectivity index (χ1v) is 6.42. The molecule has 0 saturated carbocycles. The van der Waals surface area contributed by atoms with Gasteiger partial charge in [0.2, 0.25) is 0 Å². The van der Waals surface area contributed by atoms with E-state index in [1.54, 1.807) is 0 Å². The van der Waals surface area contributed by atoms with Gasteiger partial charge in [-0.2, -0.15) is 0 Å². The van der Waals surface area contributed by atoms with E-state index in [1.807, 2.05) is 32.2 Å². The van der Waals surface area contributed by atoms with E-state index in [9.17, 15) is 4.79 Å². The summed E-state index contributed by atoms with van der Waals surface area (Å²) in [7, 11) is 2.04. The number of para-hydroxylation sites is 1. The zero-order valence-electron chi connectivity index (χ0n) is 11.7. The third-order valence-electron chi connectivity index (χ3n) is 3.68. The monoisotopic (exact) mass is 243 g/mol. The minimum Gasteiger partial charge on any atom is -0.348 e. The summed E-state index contributed by atoms with van der Waals surface area (Å²) >= 11 is 0. The van der Waals surface area contributed by atoms with Gasteiger partial charge in [-0.05, 0) is 30.9 Å². The molecule has 2 heteroatoms. The second kappa shape index (κ2) is 4.60. The molecule has 0 atom stereocenters. The Bertz CT molecular complexity index is 485. The zero-order valence-corrected chi connectivity index (χ0v) is 11.7. The van der Waals surface area contributed by atoms with E-state index in [-0.39, 0.29) is 11.2 Å². The van der Waals surface area contributed by atoms with E-state index in [2.05, 4.69) is 30.9 Å². The van der Waals surface area contributed by atoms with Crippen molar-refractivity contribution in [3.8, 4) is 0 Å². The minimum atomic E-state index is 0.0645. The first-order valence-electron chi connectivity index (χ1n) is 6.42. The lowest BCUT2D eigenvalue weighted by atomic mass is 9.76. The van der Waals surface area contributed by atoms with Crippen molar-refractivity contribution in [2.75, 3.05) is 11.9 Å². The number of allylic oxidation sites excluding steroid dienone is 2. The van der Waals surface area contributed by atoms with E-state index in [1.165, 1.54) is 0 Å². The SMILES string of the molecule is CC1=C(N(C)c2ccccc2)CC(C)(C)CC1=O. The Morgan fingerprint density at radius 3 is 2.33 bits per heavy atom. The number of hydrogen-bond acceptors (Lipinski definition) is 2. The first kappa shape index (κ1) is 12.9. The fourth-order valence-electron chi connectivity index (χ4n) is 2.55. The van der Waals surface area contributed by atoms with E-state index >= 15 is 0 Å². The van der Waals surface area contributed by atoms with E-state index in [4.69, 9.17) is 0 Å². The number of rotatable bonds is 2. The average Bonchev–Trinajstić information content (AvgIpc) is 2.33. The largest absolute Gasteiger partial charge is 0.348 e. The molecule has 0 amide bonds. The molecule has 18 heavy (non-hydrogen) atoms. The molecule has 2 rings (SSSR count). The van der Waals surface area contributed by atoms with Crippen LogP contribution < -0.4 is 4.90 Å². The number of ketones is 1. The van der Waals surface area contributed by atoms with Crippen LogP contribution in [0, 0.1) is 5.41 Å². The van der Waals surface area contributed by atoms with Gasteiger partial charge in [0.05, 0.1) is 0 Å². The number of carbonyl (C=O) groups is 1. The van der Waals surface area contributed by atoms with Gasteiger partial charge >= 0.3 is 0 Å². The summed E-state index contributed by atoms with van der Waals surface area (Å²) in [5.74, 6) is 0.282. The van der Waals surface area contributed by atoms with Crippen LogP contribution in [0.15, 0.2) is 41.6 Å².